The molecular formula is C19H29N. The summed E-state index contributed by atoms with van der Waals surface area (Å²) in [4.78, 5) is 0. The van der Waals surface area contributed by atoms with Crippen LogP contribution in [0, 0.1) is 0 Å². The minimum absolute atomic E-state index is 0.251. The first kappa shape index (κ1) is 15.3. The van der Waals surface area contributed by atoms with Gasteiger partial charge in [0, 0.05) is 11.5 Å². The summed E-state index contributed by atoms with van der Waals surface area (Å²) in [6.07, 6.45) is 7.80. The average Bonchev–Trinajstić information content (AvgIpc) is 2.49. The van der Waals surface area contributed by atoms with Crippen LogP contribution in [0.2, 0.25) is 0 Å². The van der Waals surface area contributed by atoms with Gasteiger partial charge in [0.1, 0.15) is 0 Å². The smallest absolute Gasteiger partial charge is 0.0371 e. The first-order valence-electron chi connectivity index (χ1n) is 8.15. The second kappa shape index (κ2) is 7.08. The summed E-state index contributed by atoms with van der Waals surface area (Å²) >= 11 is 0. The van der Waals surface area contributed by atoms with Gasteiger partial charge in [-0.3, -0.25) is 0 Å². The van der Waals surface area contributed by atoms with Gasteiger partial charge in [-0.15, -0.1) is 0 Å². The van der Waals surface area contributed by atoms with Crippen molar-refractivity contribution in [3.05, 3.63) is 48.0 Å². The Morgan fingerprint density at radius 1 is 1.20 bits per heavy atom. The van der Waals surface area contributed by atoms with Crippen LogP contribution in [0.3, 0.4) is 0 Å². The molecule has 2 rings (SSSR count). The molecule has 0 amide bonds. The maximum atomic E-state index is 4.29. The molecule has 110 valence electrons. The minimum atomic E-state index is 0.251. The summed E-state index contributed by atoms with van der Waals surface area (Å²) in [5, 5.41) is 3.78. The van der Waals surface area contributed by atoms with E-state index in [0.717, 1.165) is 6.54 Å². The Hall–Kier alpha value is -1.08. The standard InChI is InChI=1S/C19H29N/c1-4-15-20-18(16(2)3)19(13-9-6-10-14-19)17-11-7-5-8-12-17/h5,7-8,11-12,18,20H,2,4,6,9-10,13-15H2,1,3H3. The molecule has 1 aromatic rings. The zero-order valence-electron chi connectivity index (χ0n) is 13.1. The molecule has 1 aliphatic rings. The fourth-order valence-electron chi connectivity index (χ4n) is 3.83. The molecule has 0 spiro atoms. The predicted octanol–water partition coefficient (Wildman–Crippen LogP) is 4.83. The van der Waals surface area contributed by atoms with E-state index in [1.807, 2.05) is 0 Å². The van der Waals surface area contributed by atoms with Gasteiger partial charge >= 0.3 is 0 Å². The van der Waals surface area contributed by atoms with Gasteiger partial charge < -0.3 is 5.32 Å². The predicted molar refractivity (Wildman–Crippen MR) is 88.1 cm³/mol. The Morgan fingerprint density at radius 2 is 1.85 bits per heavy atom. The average molecular weight is 271 g/mol. The highest BCUT2D eigenvalue weighted by molar-refractivity contribution is 5.32. The molecule has 0 aromatic heterocycles. The van der Waals surface area contributed by atoms with E-state index in [-0.39, 0.29) is 5.41 Å². The van der Waals surface area contributed by atoms with Crippen molar-refractivity contribution >= 4 is 0 Å². The van der Waals surface area contributed by atoms with Crippen molar-refractivity contribution in [2.45, 2.75) is 63.8 Å². The van der Waals surface area contributed by atoms with E-state index >= 15 is 0 Å². The van der Waals surface area contributed by atoms with Crippen molar-refractivity contribution in [1.82, 2.24) is 5.32 Å². The molecule has 1 saturated carbocycles. The highest BCUT2D eigenvalue weighted by Crippen LogP contribution is 2.43. The van der Waals surface area contributed by atoms with Gasteiger partial charge in [0.15, 0.2) is 0 Å². The quantitative estimate of drug-likeness (QED) is 0.731. The molecule has 0 aliphatic heterocycles. The van der Waals surface area contributed by atoms with Crippen LogP contribution in [0.25, 0.3) is 0 Å². The van der Waals surface area contributed by atoms with Gasteiger partial charge in [-0.1, -0.05) is 68.7 Å². The van der Waals surface area contributed by atoms with Crippen LogP contribution in [0.15, 0.2) is 42.5 Å². The molecule has 1 fully saturated rings. The summed E-state index contributed by atoms with van der Waals surface area (Å²) in [6, 6.07) is 11.5. The molecule has 1 unspecified atom stereocenters. The van der Waals surface area contributed by atoms with Crippen molar-refractivity contribution in [2.75, 3.05) is 6.54 Å². The van der Waals surface area contributed by atoms with Crippen molar-refractivity contribution in [1.29, 1.82) is 0 Å². The highest BCUT2D eigenvalue weighted by Gasteiger charge is 2.41. The number of hydrogen-bond acceptors (Lipinski definition) is 1. The molecule has 1 heteroatoms. The molecule has 1 nitrogen and oxygen atoms in total. The molecule has 0 bridgehead atoms. The summed E-state index contributed by atoms with van der Waals surface area (Å²) in [7, 11) is 0. The fraction of sp³-hybridized carbons (Fsp3) is 0.579. The van der Waals surface area contributed by atoms with E-state index in [1.54, 1.807) is 0 Å². The molecule has 0 heterocycles. The van der Waals surface area contributed by atoms with Crippen molar-refractivity contribution in [3.8, 4) is 0 Å². The van der Waals surface area contributed by atoms with Crippen LogP contribution in [0.5, 0.6) is 0 Å². The Labute approximate surface area is 124 Å². The lowest BCUT2D eigenvalue weighted by atomic mass is 9.63. The molecule has 1 aliphatic carbocycles. The molecule has 0 saturated heterocycles. The summed E-state index contributed by atoms with van der Waals surface area (Å²) in [5.41, 5.74) is 3.03. The summed E-state index contributed by atoms with van der Waals surface area (Å²) < 4.78 is 0. The zero-order chi connectivity index (χ0) is 14.4. The van der Waals surface area contributed by atoms with E-state index in [1.165, 1.54) is 49.7 Å². The summed E-state index contributed by atoms with van der Waals surface area (Å²) in [6.45, 7) is 9.79. The second-order valence-electron chi connectivity index (χ2n) is 6.32. The Balaban J connectivity index is 2.36. The molecule has 0 radical (unpaired) electrons. The van der Waals surface area contributed by atoms with Crippen molar-refractivity contribution < 1.29 is 0 Å². The topological polar surface area (TPSA) is 12.0 Å². The van der Waals surface area contributed by atoms with E-state index in [9.17, 15) is 0 Å². The number of hydrogen-bond donors (Lipinski definition) is 1. The summed E-state index contributed by atoms with van der Waals surface area (Å²) in [5.74, 6) is 0. The van der Waals surface area contributed by atoms with Crippen LogP contribution in [0.1, 0.15) is 57.9 Å². The number of nitrogens with one attached hydrogen (secondary N) is 1. The van der Waals surface area contributed by atoms with E-state index < -0.39 is 0 Å². The van der Waals surface area contributed by atoms with Gasteiger partial charge in [0.05, 0.1) is 0 Å². The monoisotopic (exact) mass is 271 g/mol. The third kappa shape index (κ3) is 3.15. The first-order chi connectivity index (χ1) is 9.70. The largest absolute Gasteiger partial charge is 0.309 e. The van der Waals surface area contributed by atoms with Gasteiger partial charge in [-0.05, 0) is 38.3 Å². The molecule has 1 aromatic carbocycles. The normalized spacial score (nSPS) is 19.5. The second-order valence-corrected chi connectivity index (χ2v) is 6.32. The first-order valence-corrected chi connectivity index (χ1v) is 8.15. The number of rotatable bonds is 6. The SMILES string of the molecule is C=C(C)C(NCCC)C1(c2ccccc2)CCCCC1. The van der Waals surface area contributed by atoms with Gasteiger partial charge in [0.25, 0.3) is 0 Å². The number of benzene rings is 1. The van der Waals surface area contributed by atoms with E-state index in [0.29, 0.717) is 6.04 Å². The molecule has 1 N–H and O–H groups in total. The highest BCUT2D eigenvalue weighted by atomic mass is 14.9. The van der Waals surface area contributed by atoms with Crippen LogP contribution < -0.4 is 5.32 Å². The van der Waals surface area contributed by atoms with E-state index in [2.05, 4.69) is 56.1 Å². The van der Waals surface area contributed by atoms with E-state index in [4.69, 9.17) is 0 Å². The van der Waals surface area contributed by atoms with Gasteiger partial charge in [-0.25, -0.2) is 0 Å². The molecule has 20 heavy (non-hydrogen) atoms. The van der Waals surface area contributed by atoms with Crippen molar-refractivity contribution in [2.24, 2.45) is 0 Å². The molecule has 1 atom stereocenters. The Bertz CT molecular complexity index is 415. The maximum absolute atomic E-state index is 4.29. The third-order valence-electron chi connectivity index (χ3n) is 4.74. The minimum Gasteiger partial charge on any atom is -0.309 e. The van der Waals surface area contributed by atoms with Crippen LogP contribution in [0.4, 0.5) is 0 Å². The Kier molecular flexibility index (Phi) is 5.42. The maximum Gasteiger partial charge on any atom is 0.0371 e. The lowest BCUT2D eigenvalue weighted by molar-refractivity contribution is 0.233. The van der Waals surface area contributed by atoms with Crippen molar-refractivity contribution in [3.63, 3.8) is 0 Å². The van der Waals surface area contributed by atoms with Crippen LogP contribution in [-0.2, 0) is 5.41 Å². The van der Waals surface area contributed by atoms with Crippen LogP contribution in [-0.4, -0.2) is 12.6 Å². The lowest BCUT2D eigenvalue weighted by Crippen LogP contribution is -2.50. The third-order valence-corrected chi connectivity index (χ3v) is 4.74. The molecular weight excluding hydrogens is 242 g/mol. The lowest BCUT2D eigenvalue weighted by Gasteiger charge is -2.45. The zero-order valence-corrected chi connectivity index (χ0v) is 13.1. The Morgan fingerprint density at radius 3 is 2.40 bits per heavy atom. The van der Waals surface area contributed by atoms with Gasteiger partial charge in [-0.2, -0.15) is 0 Å². The van der Waals surface area contributed by atoms with Gasteiger partial charge in [0.2, 0.25) is 0 Å². The van der Waals surface area contributed by atoms with Crippen LogP contribution >= 0.6 is 0 Å². The fourth-order valence-corrected chi connectivity index (χ4v) is 3.83.